The fraction of sp³-hybridized carbons (Fsp3) is 0.222. The summed E-state index contributed by atoms with van der Waals surface area (Å²) in [6, 6.07) is 24.2. The van der Waals surface area contributed by atoms with E-state index in [4.69, 9.17) is 5.73 Å². The van der Waals surface area contributed by atoms with Crippen molar-refractivity contribution >= 4 is 62.5 Å². The number of rotatable bonds is 14. The van der Waals surface area contributed by atoms with Crippen LogP contribution >= 0.6 is 0 Å². The number of nitrogens with one attached hydrogen (secondary N) is 2. The molecule has 2 heterocycles. The molecule has 4 amide bonds. The molecule has 0 spiro atoms. The van der Waals surface area contributed by atoms with Gasteiger partial charge in [0.25, 0.3) is 5.91 Å². The number of hydrogen-bond donors (Lipinski definition) is 4. The van der Waals surface area contributed by atoms with Crippen LogP contribution in [-0.4, -0.2) is 38.8 Å². The third-order valence-corrected chi connectivity index (χ3v) is 7.83. The summed E-state index contributed by atoms with van der Waals surface area (Å²) in [7, 11) is 0. The lowest BCUT2D eigenvalue weighted by molar-refractivity contribution is -0.126. The van der Waals surface area contributed by atoms with E-state index in [1.165, 1.54) is 24.3 Å². The van der Waals surface area contributed by atoms with Crippen LogP contribution in [0.3, 0.4) is 0 Å². The zero-order valence-corrected chi connectivity index (χ0v) is 25.8. The molecule has 47 heavy (non-hydrogen) atoms. The van der Waals surface area contributed by atoms with Crippen LogP contribution in [0.25, 0.3) is 21.8 Å². The molecule has 0 unspecified atom stereocenters. The molecular weight excluding hydrogens is 596 g/mol. The standard InChI is InChI=1S/C36H36N6O5/c37-30(43)16-4-2-1-3-5-17-31(44)42(47)27-20-18-24(19-21-27)32(35(45)40-28-14-6-10-25-12-8-22-38-33(25)28)36(46)41-29-15-7-11-26-13-9-23-39-34(26)29/h6-15,18-23,32,47H,1-5,16-17H2,(H2,37,43)(H,40,45)(H,41,46). The number of primary amides is 1. The van der Waals surface area contributed by atoms with Crippen molar-refractivity contribution in [2.45, 2.75) is 50.9 Å². The number of aromatic nitrogens is 2. The van der Waals surface area contributed by atoms with Crippen molar-refractivity contribution in [3.05, 3.63) is 103 Å². The summed E-state index contributed by atoms with van der Waals surface area (Å²) in [5.74, 6) is -3.28. The lowest BCUT2D eigenvalue weighted by Gasteiger charge is -2.20. The van der Waals surface area contributed by atoms with Crippen LogP contribution in [0.15, 0.2) is 97.3 Å². The summed E-state index contributed by atoms with van der Waals surface area (Å²) in [6.45, 7) is 0. The first-order valence-corrected chi connectivity index (χ1v) is 15.5. The highest BCUT2D eigenvalue weighted by atomic mass is 16.5. The monoisotopic (exact) mass is 632 g/mol. The fourth-order valence-corrected chi connectivity index (χ4v) is 5.41. The van der Waals surface area contributed by atoms with Crippen molar-refractivity contribution in [2.75, 3.05) is 15.7 Å². The molecule has 0 aliphatic heterocycles. The molecule has 0 aliphatic carbocycles. The predicted octanol–water partition coefficient (Wildman–Crippen LogP) is 6.08. The summed E-state index contributed by atoms with van der Waals surface area (Å²) >= 11 is 0. The Balaban J connectivity index is 1.33. The number of unbranched alkanes of at least 4 members (excludes halogenated alkanes) is 4. The molecule has 0 radical (unpaired) electrons. The Hall–Kier alpha value is -5.68. The summed E-state index contributed by atoms with van der Waals surface area (Å²) in [4.78, 5) is 60.0. The van der Waals surface area contributed by atoms with Crippen LogP contribution in [0, 0.1) is 0 Å². The number of para-hydroxylation sites is 2. The van der Waals surface area contributed by atoms with Gasteiger partial charge in [-0.3, -0.25) is 34.4 Å². The van der Waals surface area contributed by atoms with Gasteiger partial charge in [-0.15, -0.1) is 0 Å². The first kappa shape index (κ1) is 32.7. The number of hydrogen-bond acceptors (Lipinski definition) is 7. The lowest BCUT2D eigenvalue weighted by atomic mass is 9.96. The average Bonchev–Trinajstić information content (AvgIpc) is 3.08. The maximum Gasteiger partial charge on any atom is 0.250 e. The minimum absolute atomic E-state index is 0.139. The Morgan fingerprint density at radius 2 is 1.15 bits per heavy atom. The molecule has 0 bridgehead atoms. The average molecular weight is 633 g/mol. The number of carbonyl (C=O) groups excluding carboxylic acids is 4. The van der Waals surface area contributed by atoms with Crippen LogP contribution in [0.4, 0.5) is 17.1 Å². The van der Waals surface area contributed by atoms with Crippen LogP contribution in [0.1, 0.15) is 56.4 Å². The third kappa shape index (κ3) is 8.33. The number of nitrogens with two attached hydrogens (primary N) is 1. The highest BCUT2D eigenvalue weighted by Crippen LogP contribution is 2.28. The number of fused-ring (bicyclic) bond motifs is 2. The highest BCUT2D eigenvalue weighted by Gasteiger charge is 2.30. The Labute approximate surface area is 271 Å². The first-order chi connectivity index (χ1) is 22.8. The van der Waals surface area contributed by atoms with E-state index in [1.807, 2.05) is 24.3 Å². The second-order valence-electron chi connectivity index (χ2n) is 11.2. The van der Waals surface area contributed by atoms with E-state index < -0.39 is 23.6 Å². The molecule has 0 aliphatic rings. The van der Waals surface area contributed by atoms with Gasteiger partial charge in [0.15, 0.2) is 0 Å². The number of amides is 4. The smallest absolute Gasteiger partial charge is 0.250 e. The largest absolute Gasteiger partial charge is 0.370 e. The molecule has 2 aromatic heterocycles. The summed E-state index contributed by atoms with van der Waals surface area (Å²) in [5.41, 5.74) is 7.77. The minimum atomic E-state index is -1.31. The summed E-state index contributed by atoms with van der Waals surface area (Å²) in [6.07, 6.45) is 7.53. The maximum absolute atomic E-state index is 13.9. The van der Waals surface area contributed by atoms with Crippen LogP contribution in [0.2, 0.25) is 0 Å². The van der Waals surface area contributed by atoms with Crippen molar-refractivity contribution in [2.24, 2.45) is 5.73 Å². The zero-order valence-electron chi connectivity index (χ0n) is 25.8. The quantitative estimate of drug-likeness (QED) is 0.0498. The topological polar surface area (TPSA) is 168 Å². The van der Waals surface area contributed by atoms with Gasteiger partial charge < -0.3 is 16.4 Å². The van der Waals surface area contributed by atoms with Crippen molar-refractivity contribution in [1.29, 1.82) is 0 Å². The van der Waals surface area contributed by atoms with E-state index >= 15 is 0 Å². The molecule has 5 rings (SSSR count). The second-order valence-corrected chi connectivity index (χ2v) is 11.2. The molecule has 0 fully saturated rings. The number of nitrogens with zero attached hydrogens (tertiary/aromatic N) is 3. The Morgan fingerprint density at radius 3 is 1.68 bits per heavy atom. The van der Waals surface area contributed by atoms with Crippen molar-refractivity contribution < 1.29 is 24.4 Å². The molecule has 0 atom stereocenters. The van der Waals surface area contributed by atoms with E-state index in [1.54, 1.807) is 48.8 Å². The Bertz CT molecular complexity index is 1790. The van der Waals surface area contributed by atoms with Crippen molar-refractivity contribution in [1.82, 2.24) is 9.97 Å². The molecule has 0 saturated carbocycles. The maximum atomic E-state index is 13.9. The number of benzene rings is 3. The molecule has 240 valence electrons. The van der Waals surface area contributed by atoms with E-state index in [0.717, 1.165) is 36.5 Å². The SMILES string of the molecule is NC(=O)CCCCCCCC(=O)N(O)c1ccc(C(C(=O)Nc2cccc3cccnc23)C(=O)Nc2cccc3cccnc23)cc1. The Kier molecular flexibility index (Phi) is 10.8. The van der Waals surface area contributed by atoms with Gasteiger partial charge in [-0.1, -0.05) is 67.8 Å². The fourth-order valence-electron chi connectivity index (χ4n) is 5.41. The van der Waals surface area contributed by atoms with Crippen LogP contribution < -0.4 is 21.4 Å². The molecule has 11 nitrogen and oxygen atoms in total. The minimum Gasteiger partial charge on any atom is -0.370 e. The number of pyridine rings is 2. The van der Waals surface area contributed by atoms with Gasteiger partial charge in [0, 0.05) is 36.0 Å². The molecule has 11 heteroatoms. The van der Waals surface area contributed by atoms with Gasteiger partial charge in [0.2, 0.25) is 17.7 Å². The van der Waals surface area contributed by atoms with Gasteiger partial charge >= 0.3 is 0 Å². The molecule has 5 N–H and O–H groups in total. The van der Waals surface area contributed by atoms with Crippen LogP contribution in [0.5, 0.6) is 0 Å². The van der Waals surface area contributed by atoms with Gasteiger partial charge in [0.05, 0.1) is 28.1 Å². The van der Waals surface area contributed by atoms with E-state index in [9.17, 15) is 24.4 Å². The van der Waals surface area contributed by atoms with Crippen molar-refractivity contribution in [3.63, 3.8) is 0 Å². The molecule has 3 aromatic carbocycles. The summed E-state index contributed by atoms with van der Waals surface area (Å²) < 4.78 is 0. The van der Waals surface area contributed by atoms with Crippen molar-refractivity contribution in [3.8, 4) is 0 Å². The van der Waals surface area contributed by atoms with E-state index in [0.29, 0.717) is 45.9 Å². The molecular formula is C36H36N6O5. The molecule has 5 aromatic rings. The lowest BCUT2D eigenvalue weighted by Crippen LogP contribution is -2.32. The van der Waals surface area contributed by atoms with Crippen LogP contribution in [-0.2, 0) is 19.2 Å². The first-order valence-electron chi connectivity index (χ1n) is 15.5. The normalized spacial score (nSPS) is 11.0. The van der Waals surface area contributed by atoms with Gasteiger partial charge in [0.1, 0.15) is 5.92 Å². The van der Waals surface area contributed by atoms with E-state index in [2.05, 4.69) is 20.6 Å². The zero-order chi connectivity index (χ0) is 33.2. The Morgan fingerprint density at radius 1 is 0.660 bits per heavy atom. The van der Waals surface area contributed by atoms with Gasteiger partial charge in [-0.05, 0) is 54.8 Å². The van der Waals surface area contributed by atoms with E-state index in [-0.39, 0.29) is 18.0 Å². The predicted molar refractivity (Wildman–Crippen MR) is 181 cm³/mol. The molecule has 0 saturated heterocycles. The number of hydroxylamine groups is 1. The van der Waals surface area contributed by atoms with Gasteiger partial charge in [-0.2, -0.15) is 5.06 Å². The number of anilines is 3. The third-order valence-electron chi connectivity index (χ3n) is 7.83. The highest BCUT2D eigenvalue weighted by molar-refractivity contribution is 6.17. The van der Waals surface area contributed by atoms with Gasteiger partial charge in [-0.25, -0.2) is 0 Å². The second kappa shape index (κ2) is 15.5. The summed E-state index contributed by atoms with van der Waals surface area (Å²) in [5, 5.41) is 18.6. The number of carbonyl (C=O) groups is 4.